The number of nitrogens with two attached hydrogens (primary N) is 2. The van der Waals surface area contributed by atoms with Gasteiger partial charge in [0, 0.05) is 6.04 Å². The maximum absolute atomic E-state index is 10.0. The molecule has 0 aromatic heterocycles. The second-order valence-electron chi connectivity index (χ2n) is 2.21. The Hall–Kier alpha value is 3.24. The second kappa shape index (κ2) is 21.5. The van der Waals surface area contributed by atoms with Gasteiger partial charge in [-0.25, -0.2) is 0 Å². The topological polar surface area (TPSA) is 92.2 Å². The maximum atomic E-state index is 10.0. The third-order valence-corrected chi connectivity index (χ3v) is 1.27. The van der Waals surface area contributed by atoms with E-state index in [1.807, 2.05) is 0 Å². The van der Waals surface area contributed by atoms with E-state index in [1.165, 1.54) is 0 Å². The van der Waals surface area contributed by atoms with Gasteiger partial charge in [0.2, 0.25) is 0 Å². The zero-order valence-electron chi connectivity index (χ0n) is 8.66. The molecule has 0 aliphatic carbocycles. The molecular formula is C6H14Cl2K2N2O2. The van der Waals surface area contributed by atoms with E-state index in [4.69, 9.17) is 11.5 Å². The van der Waals surface area contributed by atoms with Crippen molar-refractivity contribution < 1.29 is 125 Å². The van der Waals surface area contributed by atoms with Gasteiger partial charge in [-0.15, -0.1) is 12.4 Å². The first-order chi connectivity index (χ1) is 4.68. The molecule has 0 spiro atoms. The van der Waals surface area contributed by atoms with Crippen molar-refractivity contribution in [3.63, 3.8) is 0 Å². The minimum absolute atomic E-state index is 0. The van der Waals surface area contributed by atoms with Crippen molar-refractivity contribution in [1.82, 2.24) is 0 Å². The molecule has 0 aromatic rings. The van der Waals surface area contributed by atoms with Gasteiger partial charge in [0.25, 0.3) is 0 Å². The molecule has 4 N–H and O–H groups in total. The number of carboxylic acids is 1. The predicted molar refractivity (Wildman–Crippen MR) is 43.1 cm³/mol. The van der Waals surface area contributed by atoms with Crippen LogP contribution in [0.5, 0.6) is 0 Å². The van der Waals surface area contributed by atoms with E-state index in [2.05, 4.69) is 0 Å². The number of rotatable bonds is 5. The average molecular weight is 295 g/mol. The molecule has 0 rings (SSSR count). The van der Waals surface area contributed by atoms with E-state index in [0.717, 1.165) is 12.8 Å². The van der Waals surface area contributed by atoms with E-state index < -0.39 is 12.0 Å². The molecule has 0 amide bonds. The number of unbranched alkanes of at least 4 members (excludes halogenated alkanes) is 1. The summed E-state index contributed by atoms with van der Waals surface area (Å²) >= 11 is 0. The smallest absolute Gasteiger partial charge is 1.00 e. The van der Waals surface area contributed by atoms with Gasteiger partial charge in [-0.2, -0.15) is 0 Å². The first-order valence-electron chi connectivity index (χ1n) is 3.35. The fourth-order valence-corrected chi connectivity index (χ4v) is 0.626. The molecule has 0 bridgehead atoms. The Bertz CT molecular complexity index is 122. The number of carboxylic acid groups (broad SMARTS) is 1. The van der Waals surface area contributed by atoms with Gasteiger partial charge in [-0.1, -0.05) is 6.42 Å². The van der Waals surface area contributed by atoms with Crippen LogP contribution in [0, 0.1) is 0 Å². The first-order valence-corrected chi connectivity index (χ1v) is 3.35. The Morgan fingerprint density at radius 3 is 2.00 bits per heavy atom. The molecule has 0 heterocycles. The van der Waals surface area contributed by atoms with Crippen LogP contribution in [0.25, 0.3) is 0 Å². The molecule has 0 aliphatic rings. The zero-order valence-corrected chi connectivity index (χ0v) is 16.5. The molecule has 0 aromatic carbocycles. The van der Waals surface area contributed by atoms with Crippen molar-refractivity contribution in [3.05, 3.63) is 0 Å². The van der Waals surface area contributed by atoms with Crippen LogP contribution in [-0.4, -0.2) is 18.6 Å². The Labute approximate surface area is 182 Å². The van der Waals surface area contributed by atoms with Crippen LogP contribution < -0.4 is 132 Å². The number of aliphatic carboxylic acids is 1. The summed E-state index contributed by atoms with van der Waals surface area (Å²) in [7, 11) is 0. The second-order valence-corrected chi connectivity index (χ2v) is 2.21. The van der Waals surface area contributed by atoms with Gasteiger partial charge in [-0.3, -0.25) is 0 Å². The van der Waals surface area contributed by atoms with Crippen LogP contribution >= 0.6 is 12.4 Å². The molecule has 0 unspecified atom stereocenters. The van der Waals surface area contributed by atoms with Crippen LogP contribution in [0.15, 0.2) is 0 Å². The largest absolute Gasteiger partial charge is 1.00 e. The molecular weight excluding hydrogens is 281 g/mol. The first kappa shape index (κ1) is 30.4. The van der Waals surface area contributed by atoms with Crippen LogP contribution in [-0.2, 0) is 4.79 Å². The number of hydrogen-bond donors (Lipinski definition) is 2. The predicted octanol–water partition coefficient (Wildman–Crippen LogP) is -10.4. The summed E-state index contributed by atoms with van der Waals surface area (Å²) in [4.78, 5) is 10.0. The van der Waals surface area contributed by atoms with Crippen molar-refractivity contribution in [3.8, 4) is 0 Å². The molecule has 14 heavy (non-hydrogen) atoms. The maximum Gasteiger partial charge on any atom is 1.00 e. The van der Waals surface area contributed by atoms with Gasteiger partial charge < -0.3 is 33.8 Å². The zero-order chi connectivity index (χ0) is 7.98. The molecule has 0 radical (unpaired) electrons. The summed E-state index contributed by atoms with van der Waals surface area (Å²) in [6, 6.07) is -0.827. The monoisotopic (exact) mass is 294 g/mol. The van der Waals surface area contributed by atoms with Gasteiger partial charge in [-0.05, 0) is 19.4 Å². The number of hydrogen-bond acceptors (Lipinski definition) is 4. The molecule has 8 heteroatoms. The normalized spacial score (nSPS) is 9.29. The van der Waals surface area contributed by atoms with Crippen molar-refractivity contribution >= 4 is 18.4 Å². The van der Waals surface area contributed by atoms with Gasteiger partial charge in [0.15, 0.2) is 0 Å². The quantitative estimate of drug-likeness (QED) is 0.389. The van der Waals surface area contributed by atoms with E-state index in [9.17, 15) is 9.90 Å². The van der Waals surface area contributed by atoms with Crippen LogP contribution in [0.4, 0.5) is 0 Å². The van der Waals surface area contributed by atoms with Crippen molar-refractivity contribution in [1.29, 1.82) is 0 Å². The summed E-state index contributed by atoms with van der Waals surface area (Å²) in [6.07, 6.45) is 2.03. The van der Waals surface area contributed by atoms with Gasteiger partial charge in [0.05, 0.1) is 5.97 Å². The van der Waals surface area contributed by atoms with Crippen molar-refractivity contribution in [2.24, 2.45) is 11.5 Å². The molecule has 0 saturated carbocycles. The molecule has 0 saturated heterocycles. The van der Waals surface area contributed by atoms with E-state index in [-0.39, 0.29) is 128 Å². The van der Waals surface area contributed by atoms with Crippen LogP contribution in [0.1, 0.15) is 19.3 Å². The minimum Gasteiger partial charge on any atom is -1.00 e. The summed E-state index contributed by atoms with van der Waals surface area (Å²) in [5, 5.41) is 10.0. The van der Waals surface area contributed by atoms with Gasteiger partial charge in [0.1, 0.15) is 0 Å². The number of carbonyl (C=O) groups excluding carboxylic acids is 1. The Morgan fingerprint density at radius 2 is 1.71 bits per heavy atom. The molecule has 0 aliphatic heterocycles. The Kier molecular flexibility index (Phi) is 46.7. The van der Waals surface area contributed by atoms with E-state index in [1.54, 1.807) is 0 Å². The van der Waals surface area contributed by atoms with Crippen molar-refractivity contribution in [2.75, 3.05) is 6.54 Å². The van der Waals surface area contributed by atoms with Crippen LogP contribution in [0.3, 0.4) is 0 Å². The van der Waals surface area contributed by atoms with E-state index in [0.29, 0.717) is 13.0 Å². The Morgan fingerprint density at radius 1 is 1.29 bits per heavy atom. The SMILES string of the molecule is Cl.NCCCC[C@H](N)C(=O)[O-].[Cl-].[K+].[K+]. The summed E-state index contributed by atoms with van der Waals surface area (Å²) in [6.45, 7) is 0.583. The van der Waals surface area contributed by atoms with Gasteiger partial charge >= 0.3 is 103 Å². The standard InChI is InChI=1S/C6H14N2O2.2ClH.2K/c7-4-2-1-3-5(8)6(9)10;;;;/h5H,1-4,7-8H2,(H,9,10);2*1H;;/q;;;2*+1/p-2/t5-;;;;/m0..../s1. The van der Waals surface area contributed by atoms with Crippen LogP contribution in [0.2, 0.25) is 0 Å². The molecule has 0 fully saturated rings. The van der Waals surface area contributed by atoms with E-state index >= 15 is 0 Å². The number of halogens is 2. The average Bonchev–Trinajstić information content (AvgIpc) is 1.88. The molecule has 4 nitrogen and oxygen atoms in total. The fourth-order valence-electron chi connectivity index (χ4n) is 0.626. The minimum atomic E-state index is -1.18. The van der Waals surface area contributed by atoms with Crippen molar-refractivity contribution in [2.45, 2.75) is 25.3 Å². The summed E-state index contributed by atoms with van der Waals surface area (Å²) in [5.74, 6) is -1.18. The fraction of sp³-hybridized carbons (Fsp3) is 0.833. The summed E-state index contributed by atoms with van der Waals surface area (Å²) in [5.41, 5.74) is 10.3. The third-order valence-electron chi connectivity index (χ3n) is 1.27. The Balaban J connectivity index is -0.0000000675. The number of carbonyl (C=O) groups is 1. The molecule has 1 atom stereocenters. The summed E-state index contributed by atoms with van der Waals surface area (Å²) < 4.78 is 0. The molecule has 76 valence electrons. The third kappa shape index (κ3) is 20.6.